The van der Waals surface area contributed by atoms with Gasteiger partial charge in [0.2, 0.25) is 0 Å². The second kappa shape index (κ2) is 6.15. The first-order valence-corrected chi connectivity index (χ1v) is 7.06. The predicted octanol–water partition coefficient (Wildman–Crippen LogP) is 1.66. The Labute approximate surface area is 119 Å². The lowest BCUT2D eigenvalue weighted by atomic mass is 10.1. The Morgan fingerprint density at radius 3 is 2.85 bits per heavy atom. The van der Waals surface area contributed by atoms with Crippen LogP contribution in [0.25, 0.3) is 0 Å². The van der Waals surface area contributed by atoms with Crippen LogP contribution in [0.3, 0.4) is 0 Å². The van der Waals surface area contributed by atoms with Gasteiger partial charge in [-0.2, -0.15) is 0 Å². The molecule has 1 aromatic heterocycles. The number of nitrogens with zero attached hydrogens (tertiary/aromatic N) is 4. The lowest BCUT2D eigenvalue weighted by molar-refractivity contribution is -0.0309. The van der Waals surface area contributed by atoms with Crippen molar-refractivity contribution < 1.29 is 4.74 Å². The quantitative estimate of drug-likeness (QED) is 0.849. The van der Waals surface area contributed by atoms with Crippen LogP contribution < -0.4 is 0 Å². The van der Waals surface area contributed by atoms with E-state index >= 15 is 0 Å². The number of rotatable bonds is 4. The summed E-state index contributed by atoms with van der Waals surface area (Å²) in [5, 5.41) is 7.93. The Bertz CT molecular complexity index is 540. The van der Waals surface area contributed by atoms with Crippen LogP contribution in [0.2, 0.25) is 0 Å². The van der Waals surface area contributed by atoms with E-state index in [4.69, 9.17) is 4.74 Å². The summed E-state index contributed by atoms with van der Waals surface area (Å²) in [4.78, 5) is 2.45. The molecule has 2 aromatic rings. The zero-order chi connectivity index (χ0) is 13.8. The fourth-order valence-electron chi connectivity index (χ4n) is 2.56. The molecule has 106 valence electrons. The summed E-state index contributed by atoms with van der Waals surface area (Å²) in [6.07, 6.45) is 1.98. The van der Waals surface area contributed by atoms with Crippen molar-refractivity contribution in [1.29, 1.82) is 0 Å². The predicted molar refractivity (Wildman–Crippen MR) is 76.3 cm³/mol. The summed E-state index contributed by atoms with van der Waals surface area (Å²) >= 11 is 0. The Kier molecular flexibility index (Phi) is 4.08. The molecule has 5 heteroatoms. The smallest absolute Gasteiger partial charge is 0.129 e. The van der Waals surface area contributed by atoms with E-state index in [-0.39, 0.29) is 6.10 Å². The van der Waals surface area contributed by atoms with E-state index in [0.717, 1.165) is 38.6 Å². The summed E-state index contributed by atoms with van der Waals surface area (Å²) in [7, 11) is 0. The molecular formula is C15H20N4O. The number of hydrogen-bond acceptors (Lipinski definition) is 4. The van der Waals surface area contributed by atoms with Gasteiger partial charge in [0.15, 0.2) is 0 Å². The van der Waals surface area contributed by atoms with Crippen molar-refractivity contribution in [3.05, 3.63) is 48.0 Å². The Morgan fingerprint density at radius 1 is 1.25 bits per heavy atom. The molecule has 20 heavy (non-hydrogen) atoms. The molecule has 1 aliphatic rings. The number of aryl methyl sites for hydroxylation is 1. The van der Waals surface area contributed by atoms with Crippen LogP contribution in [0.4, 0.5) is 0 Å². The molecule has 1 aromatic carbocycles. The van der Waals surface area contributed by atoms with Crippen molar-refractivity contribution in [3.63, 3.8) is 0 Å². The SMILES string of the molecule is Cc1nncn1CCN1CCOC(c2ccccc2)C1. The second-order valence-electron chi connectivity index (χ2n) is 5.14. The maximum absolute atomic E-state index is 5.88. The van der Waals surface area contributed by atoms with Crippen LogP contribution >= 0.6 is 0 Å². The van der Waals surface area contributed by atoms with Crippen molar-refractivity contribution >= 4 is 0 Å². The standard InChI is InChI=1S/C15H20N4O/c1-13-17-16-12-19(13)8-7-18-9-10-20-15(11-18)14-5-3-2-4-6-14/h2-6,12,15H,7-11H2,1H3. The summed E-state index contributed by atoms with van der Waals surface area (Å²) in [6.45, 7) is 6.65. The van der Waals surface area contributed by atoms with Crippen LogP contribution in [-0.4, -0.2) is 45.9 Å². The van der Waals surface area contributed by atoms with E-state index in [1.54, 1.807) is 6.33 Å². The molecule has 2 heterocycles. The number of hydrogen-bond donors (Lipinski definition) is 0. The van der Waals surface area contributed by atoms with Crippen LogP contribution in [0.15, 0.2) is 36.7 Å². The summed E-state index contributed by atoms with van der Waals surface area (Å²) in [5.74, 6) is 0.970. The molecule has 0 amide bonds. The fourth-order valence-corrected chi connectivity index (χ4v) is 2.56. The Morgan fingerprint density at radius 2 is 2.10 bits per heavy atom. The van der Waals surface area contributed by atoms with Gasteiger partial charge in [0.05, 0.1) is 12.7 Å². The van der Waals surface area contributed by atoms with Crippen molar-refractivity contribution in [2.45, 2.75) is 19.6 Å². The molecule has 0 spiro atoms. The summed E-state index contributed by atoms with van der Waals surface area (Å²) in [6, 6.07) is 10.4. The molecule has 1 atom stereocenters. The van der Waals surface area contributed by atoms with Crippen LogP contribution in [-0.2, 0) is 11.3 Å². The van der Waals surface area contributed by atoms with Gasteiger partial charge in [-0.15, -0.1) is 10.2 Å². The van der Waals surface area contributed by atoms with Gasteiger partial charge in [-0.05, 0) is 12.5 Å². The molecule has 1 saturated heterocycles. The molecule has 1 aliphatic heterocycles. The third kappa shape index (κ3) is 3.05. The van der Waals surface area contributed by atoms with E-state index in [9.17, 15) is 0 Å². The molecule has 0 saturated carbocycles. The first-order chi connectivity index (χ1) is 9.83. The van der Waals surface area contributed by atoms with E-state index < -0.39 is 0 Å². The van der Waals surface area contributed by atoms with Gasteiger partial charge in [0.1, 0.15) is 12.2 Å². The van der Waals surface area contributed by atoms with Gasteiger partial charge < -0.3 is 9.30 Å². The minimum atomic E-state index is 0.187. The average molecular weight is 272 g/mol. The molecule has 0 radical (unpaired) electrons. The number of benzene rings is 1. The molecule has 0 N–H and O–H groups in total. The number of morpholine rings is 1. The average Bonchev–Trinajstić information content (AvgIpc) is 2.92. The third-order valence-corrected chi connectivity index (χ3v) is 3.79. The minimum Gasteiger partial charge on any atom is -0.371 e. The van der Waals surface area contributed by atoms with E-state index in [1.807, 2.05) is 13.0 Å². The zero-order valence-corrected chi connectivity index (χ0v) is 11.8. The van der Waals surface area contributed by atoms with Crippen LogP contribution in [0, 0.1) is 6.92 Å². The highest BCUT2D eigenvalue weighted by molar-refractivity contribution is 5.18. The van der Waals surface area contributed by atoms with E-state index in [1.165, 1.54) is 5.56 Å². The highest BCUT2D eigenvalue weighted by Crippen LogP contribution is 2.21. The lowest BCUT2D eigenvalue weighted by Crippen LogP contribution is -2.40. The van der Waals surface area contributed by atoms with Gasteiger partial charge in [-0.1, -0.05) is 30.3 Å². The van der Waals surface area contributed by atoms with Gasteiger partial charge in [-0.25, -0.2) is 0 Å². The molecule has 1 unspecified atom stereocenters. The number of aromatic nitrogens is 3. The van der Waals surface area contributed by atoms with Gasteiger partial charge >= 0.3 is 0 Å². The van der Waals surface area contributed by atoms with Crippen molar-refractivity contribution in [2.24, 2.45) is 0 Å². The second-order valence-corrected chi connectivity index (χ2v) is 5.14. The lowest BCUT2D eigenvalue weighted by Gasteiger charge is -2.33. The van der Waals surface area contributed by atoms with Gasteiger partial charge in [0.25, 0.3) is 0 Å². The largest absolute Gasteiger partial charge is 0.371 e. The number of ether oxygens (including phenoxy) is 1. The van der Waals surface area contributed by atoms with Gasteiger partial charge in [0, 0.05) is 26.2 Å². The summed E-state index contributed by atoms with van der Waals surface area (Å²) < 4.78 is 7.97. The molecule has 0 bridgehead atoms. The maximum atomic E-state index is 5.88. The molecule has 3 rings (SSSR count). The van der Waals surface area contributed by atoms with E-state index in [0.29, 0.717) is 0 Å². The monoisotopic (exact) mass is 272 g/mol. The Hall–Kier alpha value is -1.72. The normalized spacial score (nSPS) is 20.1. The zero-order valence-electron chi connectivity index (χ0n) is 11.8. The topological polar surface area (TPSA) is 43.2 Å². The maximum Gasteiger partial charge on any atom is 0.129 e. The highest BCUT2D eigenvalue weighted by Gasteiger charge is 2.21. The minimum absolute atomic E-state index is 0.187. The first kappa shape index (κ1) is 13.3. The Balaban J connectivity index is 1.57. The van der Waals surface area contributed by atoms with Crippen molar-refractivity contribution in [1.82, 2.24) is 19.7 Å². The van der Waals surface area contributed by atoms with Gasteiger partial charge in [-0.3, -0.25) is 4.90 Å². The molecule has 0 aliphatic carbocycles. The van der Waals surface area contributed by atoms with E-state index in [2.05, 4.69) is 43.9 Å². The third-order valence-electron chi connectivity index (χ3n) is 3.79. The molecule has 1 fully saturated rings. The fraction of sp³-hybridized carbons (Fsp3) is 0.467. The van der Waals surface area contributed by atoms with Crippen molar-refractivity contribution in [2.75, 3.05) is 26.2 Å². The summed E-state index contributed by atoms with van der Waals surface area (Å²) in [5.41, 5.74) is 1.26. The van der Waals surface area contributed by atoms with Crippen molar-refractivity contribution in [3.8, 4) is 0 Å². The molecular weight excluding hydrogens is 252 g/mol. The van der Waals surface area contributed by atoms with Crippen LogP contribution in [0.1, 0.15) is 17.5 Å². The first-order valence-electron chi connectivity index (χ1n) is 7.06. The van der Waals surface area contributed by atoms with Crippen LogP contribution in [0.5, 0.6) is 0 Å². The molecule has 5 nitrogen and oxygen atoms in total. The highest BCUT2D eigenvalue weighted by atomic mass is 16.5.